The smallest absolute Gasteiger partial charge is 0.137 e. The van der Waals surface area contributed by atoms with E-state index >= 15 is 0 Å². The van der Waals surface area contributed by atoms with Crippen LogP contribution in [0.4, 0.5) is 4.39 Å². The van der Waals surface area contributed by atoms with E-state index < -0.39 is 0 Å². The van der Waals surface area contributed by atoms with Crippen LogP contribution in [-0.4, -0.2) is 12.6 Å². The summed E-state index contributed by atoms with van der Waals surface area (Å²) in [7, 11) is 0. The molecule has 2 atom stereocenters. The predicted molar refractivity (Wildman–Crippen MR) is 79.3 cm³/mol. The van der Waals surface area contributed by atoms with Crippen LogP contribution in [0.5, 0.6) is 0 Å². The molecular formula is C15H23BrFN. The Morgan fingerprint density at radius 3 is 2.67 bits per heavy atom. The van der Waals surface area contributed by atoms with Gasteiger partial charge in [0.1, 0.15) is 5.82 Å². The van der Waals surface area contributed by atoms with Crippen molar-refractivity contribution in [3.8, 4) is 0 Å². The van der Waals surface area contributed by atoms with Crippen molar-refractivity contribution in [1.82, 2.24) is 5.32 Å². The number of benzene rings is 1. The molecule has 0 aromatic heterocycles. The molecule has 0 bridgehead atoms. The second kappa shape index (κ2) is 7.90. The van der Waals surface area contributed by atoms with Crippen LogP contribution in [0.3, 0.4) is 0 Å². The van der Waals surface area contributed by atoms with Gasteiger partial charge in [-0.15, -0.1) is 0 Å². The minimum atomic E-state index is -0.175. The van der Waals surface area contributed by atoms with Gasteiger partial charge >= 0.3 is 0 Å². The van der Waals surface area contributed by atoms with E-state index in [0.29, 0.717) is 16.4 Å². The summed E-state index contributed by atoms with van der Waals surface area (Å²) in [6, 6.07) is 5.68. The Morgan fingerprint density at radius 2 is 2.06 bits per heavy atom. The normalized spacial score (nSPS) is 14.5. The van der Waals surface area contributed by atoms with Crippen molar-refractivity contribution in [2.45, 2.75) is 46.1 Å². The van der Waals surface area contributed by atoms with Crippen LogP contribution in [-0.2, 0) is 6.42 Å². The van der Waals surface area contributed by atoms with Gasteiger partial charge in [0.25, 0.3) is 0 Å². The second-order valence-corrected chi connectivity index (χ2v) is 5.64. The first-order valence-corrected chi connectivity index (χ1v) is 7.55. The molecule has 0 aliphatic rings. The standard InChI is InChI=1S/C15H23BrFN/c1-4-7-11(3)14(18-5-2)10-12-8-6-9-13(17)15(12)16/h6,8-9,11,14,18H,4-5,7,10H2,1-3H3. The summed E-state index contributed by atoms with van der Waals surface area (Å²) in [5.41, 5.74) is 1.05. The van der Waals surface area contributed by atoms with Gasteiger partial charge in [-0.1, -0.05) is 39.3 Å². The summed E-state index contributed by atoms with van der Waals surface area (Å²) in [4.78, 5) is 0. The molecule has 0 aliphatic heterocycles. The minimum absolute atomic E-state index is 0.175. The largest absolute Gasteiger partial charge is 0.314 e. The SMILES string of the molecule is CCCC(C)C(Cc1cccc(F)c1Br)NCC. The summed E-state index contributed by atoms with van der Waals surface area (Å²) >= 11 is 3.35. The van der Waals surface area contributed by atoms with Crippen molar-refractivity contribution in [3.63, 3.8) is 0 Å². The zero-order chi connectivity index (χ0) is 13.5. The summed E-state index contributed by atoms with van der Waals surface area (Å²) in [6.07, 6.45) is 3.26. The summed E-state index contributed by atoms with van der Waals surface area (Å²) in [5.74, 6) is 0.427. The monoisotopic (exact) mass is 315 g/mol. The van der Waals surface area contributed by atoms with Gasteiger partial charge in [-0.3, -0.25) is 0 Å². The molecule has 0 saturated carbocycles. The molecule has 0 heterocycles. The van der Waals surface area contributed by atoms with Gasteiger partial charge in [0, 0.05) is 6.04 Å². The summed E-state index contributed by atoms with van der Waals surface area (Å²) in [5, 5.41) is 3.52. The first-order chi connectivity index (χ1) is 8.60. The Labute approximate surface area is 118 Å². The maximum atomic E-state index is 13.5. The highest BCUT2D eigenvalue weighted by Crippen LogP contribution is 2.24. The average Bonchev–Trinajstić information content (AvgIpc) is 2.34. The van der Waals surface area contributed by atoms with Gasteiger partial charge in [-0.05, 0) is 52.9 Å². The molecule has 0 radical (unpaired) electrons. The highest BCUT2D eigenvalue weighted by molar-refractivity contribution is 9.10. The average molecular weight is 316 g/mol. The van der Waals surface area contributed by atoms with Crippen LogP contribution in [0.15, 0.2) is 22.7 Å². The Morgan fingerprint density at radius 1 is 1.33 bits per heavy atom. The van der Waals surface area contributed by atoms with Crippen molar-refractivity contribution in [2.75, 3.05) is 6.54 Å². The second-order valence-electron chi connectivity index (χ2n) is 4.85. The minimum Gasteiger partial charge on any atom is -0.314 e. The molecule has 0 fully saturated rings. The van der Waals surface area contributed by atoms with Gasteiger partial charge in [0.2, 0.25) is 0 Å². The summed E-state index contributed by atoms with van der Waals surface area (Å²) < 4.78 is 14.1. The number of likely N-dealkylation sites (N-methyl/N-ethyl adjacent to an activating group) is 1. The summed E-state index contributed by atoms with van der Waals surface area (Å²) in [6.45, 7) is 7.54. The van der Waals surface area contributed by atoms with Crippen molar-refractivity contribution >= 4 is 15.9 Å². The number of rotatable bonds is 7. The highest BCUT2D eigenvalue weighted by Gasteiger charge is 2.18. The molecule has 2 unspecified atom stereocenters. The van der Waals surface area contributed by atoms with E-state index in [1.165, 1.54) is 18.9 Å². The Bertz CT molecular complexity index is 368. The number of nitrogens with one attached hydrogen (secondary N) is 1. The fourth-order valence-corrected chi connectivity index (χ4v) is 2.76. The Hall–Kier alpha value is -0.410. The predicted octanol–water partition coefficient (Wildman–Crippen LogP) is 4.55. The van der Waals surface area contributed by atoms with Crippen molar-refractivity contribution in [3.05, 3.63) is 34.1 Å². The van der Waals surface area contributed by atoms with Crippen LogP contribution in [0, 0.1) is 11.7 Å². The van der Waals surface area contributed by atoms with Gasteiger partial charge < -0.3 is 5.32 Å². The fraction of sp³-hybridized carbons (Fsp3) is 0.600. The molecule has 1 rings (SSSR count). The number of hydrogen-bond donors (Lipinski definition) is 1. The maximum Gasteiger partial charge on any atom is 0.137 e. The van der Waals surface area contributed by atoms with Crippen molar-refractivity contribution in [1.29, 1.82) is 0 Å². The van der Waals surface area contributed by atoms with E-state index in [1.54, 1.807) is 6.07 Å². The number of hydrogen-bond acceptors (Lipinski definition) is 1. The maximum absolute atomic E-state index is 13.5. The van der Waals surface area contributed by atoms with E-state index in [1.807, 2.05) is 6.07 Å². The Kier molecular flexibility index (Phi) is 6.87. The molecular weight excluding hydrogens is 293 g/mol. The molecule has 1 nitrogen and oxygen atoms in total. The lowest BCUT2D eigenvalue weighted by atomic mass is 9.91. The van der Waals surface area contributed by atoms with E-state index in [0.717, 1.165) is 18.5 Å². The lowest BCUT2D eigenvalue weighted by Crippen LogP contribution is -2.36. The first-order valence-electron chi connectivity index (χ1n) is 6.76. The topological polar surface area (TPSA) is 12.0 Å². The lowest BCUT2D eigenvalue weighted by Gasteiger charge is -2.25. The van der Waals surface area contributed by atoms with Gasteiger partial charge in [-0.2, -0.15) is 0 Å². The van der Waals surface area contributed by atoms with Gasteiger partial charge in [-0.25, -0.2) is 4.39 Å². The van der Waals surface area contributed by atoms with E-state index in [-0.39, 0.29) is 5.82 Å². The Balaban J connectivity index is 2.79. The van der Waals surface area contributed by atoms with E-state index in [4.69, 9.17) is 0 Å². The molecule has 0 spiro atoms. The van der Waals surface area contributed by atoms with Crippen LogP contribution >= 0.6 is 15.9 Å². The fourth-order valence-electron chi connectivity index (χ4n) is 2.34. The van der Waals surface area contributed by atoms with Crippen molar-refractivity contribution in [2.24, 2.45) is 5.92 Å². The zero-order valence-electron chi connectivity index (χ0n) is 11.5. The quantitative estimate of drug-likeness (QED) is 0.778. The molecule has 0 aliphatic carbocycles. The van der Waals surface area contributed by atoms with Crippen LogP contribution in [0.1, 0.15) is 39.2 Å². The molecule has 3 heteroatoms. The van der Waals surface area contributed by atoms with Crippen LogP contribution < -0.4 is 5.32 Å². The molecule has 102 valence electrons. The van der Waals surface area contributed by atoms with E-state index in [9.17, 15) is 4.39 Å². The zero-order valence-corrected chi connectivity index (χ0v) is 13.1. The molecule has 18 heavy (non-hydrogen) atoms. The third-order valence-corrected chi connectivity index (χ3v) is 4.26. The first kappa shape index (κ1) is 15.6. The third-order valence-electron chi connectivity index (χ3n) is 3.37. The van der Waals surface area contributed by atoms with Crippen molar-refractivity contribution < 1.29 is 4.39 Å². The lowest BCUT2D eigenvalue weighted by molar-refractivity contribution is 0.357. The van der Waals surface area contributed by atoms with Gasteiger partial charge in [0.05, 0.1) is 4.47 Å². The highest BCUT2D eigenvalue weighted by atomic mass is 79.9. The third kappa shape index (κ3) is 4.36. The molecule has 1 aromatic rings. The van der Waals surface area contributed by atoms with Gasteiger partial charge in [0.15, 0.2) is 0 Å². The van der Waals surface area contributed by atoms with E-state index in [2.05, 4.69) is 42.0 Å². The van der Waals surface area contributed by atoms with Crippen LogP contribution in [0.25, 0.3) is 0 Å². The van der Waals surface area contributed by atoms with Crippen LogP contribution in [0.2, 0.25) is 0 Å². The molecule has 1 N–H and O–H groups in total. The molecule has 0 amide bonds. The number of halogens is 2. The molecule has 0 saturated heterocycles. The molecule has 1 aromatic carbocycles.